The molecule has 0 aromatic rings. The molecule has 13 heavy (non-hydrogen) atoms. The van der Waals surface area contributed by atoms with Crippen LogP contribution in [-0.2, 0) is 9.47 Å². The zero-order valence-electron chi connectivity index (χ0n) is 8.55. The monoisotopic (exact) mass is 184 g/mol. The number of ether oxygens (including phenoxy) is 2. The SMILES string of the molecule is CCCCOC[C@]12CCOC[C@H]1C2. The van der Waals surface area contributed by atoms with Crippen LogP contribution < -0.4 is 0 Å². The van der Waals surface area contributed by atoms with Gasteiger partial charge in [0.2, 0.25) is 0 Å². The Morgan fingerprint density at radius 3 is 3.23 bits per heavy atom. The minimum absolute atomic E-state index is 0.548. The quantitative estimate of drug-likeness (QED) is 0.610. The van der Waals surface area contributed by atoms with Gasteiger partial charge >= 0.3 is 0 Å². The highest BCUT2D eigenvalue weighted by molar-refractivity contribution is 5.03. The van der Waals surface area contributed by atoms with Crippen molar-refractivity contribution in [3.63, 3.8) is 0 Å². The van der Waals surface area contributed by atoms with Gasteiger partial charge in [0.1, 0.15) is 0 Å². The van der Waals surface area contributed by atoms with Gasteiger partial charge in [-0.2, -0.15) is 0 Å². The molecule has 2 rings (SSSR count). The maximum Gasteiger partial charge on any atom is 0.0526 e. The molecule has 1 heterocycles. The summed E-state index contributed by atoms with van der Waals surface area (Å²) in [6.45, 7) is 6.08. The van der Waals surface area contributed by atoms with E-state index < -0.39 is 0 Å². The van der Waals surface area contributed by atoms with Crippen LogP contribution in [0, 0.1) is 11.3 Å². The minimum atomic E-state index is 0.548. The Hall–Kier alpha value is -0.0800. The van der Waals surface area contributed by atoms with Crippen molar-refractivity contribution in [1.82, 2.24) is 0 Å². The van der Waals surface area contributed by atoms with Crippen molar-refractivity contribution in [3.8, 4) is 0 Å². The number of rotatable bonds is 5. The van der Waals surface area contributed by atoms with E-state index in [9.17, 15) is 0 Å². The summed E-state index contributed by atoms with van der Waals surface area (Å²) in [6.07, 6.45) is 5.01. The molecule has 1 aliphatic heterocycles. The highest BCUT2D eigenvalue weighted by atomic mass is 16.5. The van der Waals surface area contributed by atoms with Crippen LogP contribution in [0.25, 0.3) is 0 Å². The first-order valence-corrected chi connectivity index (χ1v) is 5.53. The van der Waals surface area contributed by atoms with Gasteiger partial charge in [0.05, 0.1) is 13.2 Å². The maximum atomic E-state index is 5.70. The molecule has 0 spiro atoms. The van der Waals surface area contributed by atoms with Crippen molar-refractivity contribution in [3.05, 3.63) is 0 Å². The number of fused-ring (bicyclic) bond motifs is 1. The molecule has 2 aliphatic rings. The molecule has 2 atom stereocenters. The van der Waals surface area contributed by atoms with Crippen molar-refractivity contribution in [2.45, 2.75) is 32.6 Å². The van der Waals surface area contributed by atoms with Gasteiger partial charge in [0, 0.05) is 18.6 Å². The lowest BCUT2D eigenvalue weighted by Crippen LogP contribution is -2.22. The molecule has 0 unspecified atom stereocenters. The van der Waals surface area contributed by atoms with Crippen LogP contribution in [-0.4, -0.2) is 26.4 Å². The third kappa shape index (κ3) is 2.05. The summed E-state index contributed by atoms with van der Waals surface area (Å²) in [5.74, 6) is 0.822. The van der Waals surface area contributed by atoms with Crippen molar-refractivity contribution >= 4 is 0 Å². The first-order chi connectivity index (χ1) is 6.37. The average molecular weight is 184 g/mol. The van der Waals surface area contributed by atoms with Crippen molar-refractivity contribution in [1.29, 1.82) is 0 Å². The Kier molecular flexibility index (Phi) is 2.89. The third-order valence-electron chi connectivity index (χ3n) is 3.45. The smallest absolute Gasteiger partial charge is 0.0526 e. The highest BCUT2D eigenvalue weighted by Crippen LogP contribution is 2.57. The fourth-order valence-electron chi connectivity index (χ4n) is 2.25. The molecule has 0 N–H and O–H groups in total. The molecule has 0 aromatic carbocycles. The van der Waals surface area contributed by atoms with Crippen molar-refractivity contribution in [2.24, 2.45) is 11.3 Å². The normalized spacial score (nSPS) is 37.2. The number of hydrogen-bond donors (Lipinski definition) is 0. The molecular formula is C11H20O2. The van der Waals surface area contributed by atoms with E-state index in [1.807, 2.05) is 0 Å². The van der Waals surface area contributed by atoms with Gasteiger partial charge in [-0.1, -0.05) is 13.3 Å². The molecule has 0 radical (unpaired) electrons. The largest absolute Gasteiger partial charge is 0.381 e. The van der Waals surface area contributed by atoms with Crippen molar-refractivity contribution in [2.75, 3.05) is 26.4 Å². The average Bonchev–Trinajstić information content (AvgIpc) is 2.87. The second-order valence-electron chi connectivity index (χ2n) is 4.49. The van der Waals surface area contributed by atoms with Crippen LogP contribution in [0.4, 0.5) is 0 Å². The summed E-state index contributed by atoms with van der Waals surface area (Å²) in [7, 11) is 0. The summed E-state index contributed by atoms with van der Waals surface area (Å²) in [5, 5.41) is 0. The highest BCUT2D eigenvalue weighted by Gasteiger charge is 2.55. The molecule has 1 saturated heterocycles. The molecule has 2 fully saturated rings. The first-order valence-electron chi connectivity index (χ1n) is 5.53. The van der Waals surface area contributed by atoms with E-state index >= 15 is 0 Å². The Morgan fingerprint density at radius 2 is 2.46 bits per heavy atom. The zero-order valence-corrected chi connectivity index (χ0v) is 8.55. The van der Waals surface area contributed by atoms with Gasteiger partial charge in [-0.25, -0.2) is 0 Å². The van der Waals surface area contributed by atoms with Crippen LogP contribution in [0.5, 0.6) is 0 Å². The van der Waals surface area contributed by atoms with E-state index in [2.05, 4.69) is 6.92 Å². The van der Waals surface area contributed by atoms with Gasteiger partial charge in [0.25, 0.3) is 0 Å². The molecule has 1 aliphatic carbocycles. The van der Waals surface area contributed by atoms with Gasteiger partial charge < -0.3 is 9.47 Å². The molecule has 0 bridgehead atoms. The fourth-order valence-corrected chi connectivity index (χ4v) is 2.25. The third-order valence-corrected chi connectivity index (χ3v) is 3.45. The standard InChI is InChI=1S/C11H20O2/c1-2-3-5-13-9-11-4-6-12-8-10(11)7-11/h10H,2-9H2,1H3/t10-,11-/m1/s1. The lowest BCUT2D eigenvalue weighted by Gasteiger charge is -2.21. The zero-order chi connectivity index (χ0) is 9.15. The fraction of sp³-hybridized carbons (Fsp3) is 1.00. The molecular weight excluding hydrogens is 164 g/mol. The summed E-state index contributed by atoms with van der Waals surface area (Å²) >= 11 is 0. The molecule has 76 valence electrons. The molecule has 1 saturated carbocycles. The summed E-state index contributed by atoms with van der Waals surface area (Å²) < 4.78 is 11.1. The Labute approximate surface area is 80.6 Å². The maximum absolute atomic E-state index is 5.70. The van der Waals surface area contributed by atoms with E-state index in [1.165, 1.54) is 25.7 Å². The van der Waals surface area contributed by atoms with Crippen LogP contribution in [0.2, 0.25) is 0 Å². The van der Waals surface area contributed by atoms with E-state index in [1.54, 1.807) is 0 Å². The molecule has 2 heteroatoms. The van der Waals surface area contributed by atoms with Crippen LogP contribution in [0.3, 0.4) is 0 Å². The first kappa shape index (κ1) is 9.47. The van der Waals surface area contributed by atoms with Crippen molar-refractivity contribution < 1.29 is 9.47 Å². The van der Waals surface area contributed by atoms with E-state index in [-0.39, 0.29) is 0 Å². The van der Waals surface area contributed by atoms with E-state index in [4.69, 9.17) is 9.47 Å². The van der Waals surface area contributed by atoms with E-state index in [0.717, 1.165) is 32.3 Å². The second-order valence-corrected chi connectivity index (χ2v) is 4.49. The Bertz CT molecular complexity index is 169. The lowest BCUT2D eigenvalue weighted by molar-refractivity contribution is 0.0130. The van der Waals surface area contributed by atoms with Gasteiger partial charge in [0.15, 0.2) is 0 Å². The van der Waals surface area contributed by atoms with E-state index in [0.29, 0.717) is 5.41 Å². The minimum Gasteiger partial charge on any atom is -0.381 e. The van der Waals surface area contributed by atoms with Crippen LogP contribution in [0.1, 0.15) is 32.6 Å². The number of hydrogen-bond acceptors (Lipinski definition) is 2. The summed E-state index contributed by atoms with van der Waals surface area (Å²) in [4.78, 5) is 0. The molecule has 0 aromatic heterocycles. The number of unbranched alkanes of at least 4 members (excludes halogenated alkanes) is 1. The topological polar surface area (TPSA) is 18.5 Å². The summed E-state index contributed by atoms with van der Waals surface area (Å²) in [6, 6.07) is 0. The Balaban J connectivity index is 1.64. The van der Waals surface area contributed by atoms with Gasteiger partial charge in [-0.3, -0.25) is 0 Å². The van der Waals surface area contributed by atoms with Gasteiger partial charge in [-0.05, 0) is 25.2 Å². The van der Waals surface area contributed by atoms with Crippen LogP contribution >= 0.6 is 0 Å². The second kappa shape index (κ2) is 3.97. The lowest BCUT2D eigenvalue weighted by atomic mass is 9.99. The molecule has 0 amide bonds. The van der Waals surface area contributed by atoms with Gasteiger partial charge in [-0.15, -0.1) is 0 Å². The summed E-state index contributed by atoms with van der Waals surface area (Å²) in [5.41, 5.74) is 0.548. The predicted octanol–water partition coefficient (Wildman–Crippen LogP) is 2.23. The van der Waals surface area contributed by atoms with Crippen LogP contribution in [0.15, 0.2) is 0 Å². The predicted molar refractivity (Wildman–Crippen MR) is 51.7 cm³/mol. The molecule has 2 nitrogen and oxygen atoms in total. The Morgan fingerprint density at radius 1 is 1.54 bits per heavy atom.